The Labute approximate surface area is 77.5 Å². The van der Waals surface area contributed by atoms with Crippen molar-refractivity contribution < 1.29 is 9.26 Å². The van der Waals surface area contributed by atoms with Crippen LogP contribution in [0.1, 0.15) is 19.7 Å². The SMILES string of the molecule is COCc1noc(NCC(C)C)n1. The van der Waals surface area contributed by atoms with Crippen molar-refractivity contribution in [2.24, 2.45) is 5.92 Å². The van der Waals surface area contributed by atoms with Gasteiger partial charge in [-0.25, -0.2) is 0 Å². The van der Waals surface area contributed by atoms with Gasteiger partial charge in [0.25, 0.3) is 0 Å². The summed E-state index contributed by atoms with van der Waals surface area (Å²) in [4.78, 5) is 4.06. The second-order valence-electron chi connectivity index (χ2n) is 3.22. The molecule has 0 fully saturated rings. The maximum atomic E-state index is 4.92. The fraction of sp³-hybridized carbons (Fsp3) is 0.750. The number of ether oxygens (including phenoxy) is 1. The number of hydrogen-bond donors (Lipinski definition) is 1. The number of methoxy groups -OCH3 is 1. The first-order valence-corrected chi connectivity index (χ1v) is 4.27. The molecule has 0 aliphatic heterocycles. The maximum absolute atomic E-state index is 4.92. The monoisotopic (exact) mass is 185 g/mol. The molecule has 0 spiro atoms. The minimum atomic E-state index is 0.382. The third-order valence-corrected chi connectivity index (χ3v) is 1.40. The summed E-state index contributed by atoms with van der Waals surface area (Å²) >= 11 is 0. The molecule has 74 valence electrons. The van der Waals surface area contributed by atoms with Gasteiger partial charge in [0.05, 0.1) is 0 Å². The molecule has 0 unspecified atom stereocenters. The number of hydrogen-bond acceptors (Lipinski definition) is 5. The Hall–Kier alpha value is -1.10. The molecule has 1 N–H and O–H groups in total. The van der Waals surface area contributed by atoms with E-state index < -0.39 is 0 Å². The van der Waals surface area contributed by atoms with E-state index in [1.165, 1.54) is 0 Å². The minimum absolute atomic E-state index is 0.382. The minimum Gasteiger partial charge on any atom is -0.377 e. The number of nitrogens with zero attached hydrogens (tertiary/aromatic N) is 2. The quantitative estimate of drug-likeness (QED) is 0.748. The summed E-state index contributed by atoms with van der Waals surface area (Å²) in [6.07, 6.45) is 0. The van der Waals surface area contributed by atoms with E-state index in [0.29, 0.717) is 24.4 Å². The molecule has 0 amide bonds. The van der Waals surface area contributed by atoms with Crippen LogP contribution in [0.25, 0.3) is 0 Å². The van der Waals surface area contributed by atoms with Crippen molar-refractivity contribution in [2.45, 2.75) is 20.5 Å². The van der Waals surface area contributed by atoms with Crippen LogP contribution >= 0.6 is 0 Å². The van der Waals surface area contributed by atoms with E-state index >= 15 is 0 Å². The van der Waals surface area contributed by atoms with Crippen molar-refractivity contribution in [1.82, 2.24) is 10.1 Å². The first kappa shape index (κ1) is 9.98. The molecule has 1 aromatic heterocycles. The van der Waals surface area contributed by atoms with Crippen molar-refractivity contribution in [2.75, 3.05) is 19.0 Å². The maximum Gasteiger partial charge on any atom is 0.321 e. The topological polar surface area (TPSA) is 60.2 Å². The van der Waals surface area contributed by atoms with E-state index in [1.54, 1.807) is 7.11 Å². The van der Waals surface area contributed by atoms with Gasteiger partial charge in [0.1, 0.15) is 6.61 Å². The van der Waals surface area contributed by atoms with Crippen LogP contribution in [0.15, 0.2) is 4.52 Å². The van der Waals surface area contributed by atoms with Crippen molar-refractivity contribution in [3.05, 3.63) is 5.82 Å². The highest BCUT2D eigenvalue weighted by Gasteiger charge is 2.04. The molecule has 0 saturated heterocycles. The third-order valence-electron chi connectivity index (χ3n) is 1.40. The zero-order chi connectivity index (χ0) is 9.68. The van der Waals surface area contributed by atoms with E-state index in [0.717, 1.165) is 6.54 Å². The molecule has 1 rings (SSSR count). The molecule has 1 aromatic rings. The zero-order valence-corrected chi connectivity index (χ0v) is 8.20. The van der Waals surface area contributed by atoms with Gasteiger partial charge in [0.15, 0.2) is 5.82 Å². The highest BCUT2D eigenvalue weighted by molar-refractivity contribution is 5.17. The van der Waals surface area contributed by atoms with Crippen LogP contribution in [0.4, 0.5) is 6.01 Å². The molecule has 0 aliphatic rings. The van der Waals surface area contributed by atoms with E-state index in [-0.39, 0.29) is 0 Å². The highest BCUT2D eigenvalue weighted by atomic mass is 16.5. The summed E-state index contributed by atoms with van der Waals surface area (Å²) in [6, 6.07) is 0.459. The van der Waals surface area contributed by atoms with Crippen LogP contribution in [0.2, 0.25) is 0 Å². The summed E-state index contributed by atoms with van der Waals surface area (Å²) in [5.41, 5.74) is 0. The average Bonchev–Trinajstić information content (AvgIpc) is 2.50. The molecule has 0 radical (unpaired) electrons. The fourth-order valence-electron chi connectivity index (χ4n) is 0.805. The van der Waals surface area contributed by atoms with Crippen LogP contribution in [0.5, 0.6) is 0 Å². The summed E-state index contributed by atoms with van der Waals surface area (Å²) in [6.45, 7) is 5.43. The van der Waals surface area contributed by atoms with Gasteiger partial charge in [-0.1, -0.05) is 19.0 Å². The molecule has 5 heteroatoms. The number of aromatic nitrogens is 2. The molecule has 0 saturated carbocycles. The second kappa shape index (κ2) is 4.81. The molecule has 0 aromatic carbocycles. The normalized spacial score (nSPS) is 10.8. The molecule has 0 bridgehead atoms. The number of anilines is 1. The molecule has 0 atom stereocenters. The van der Waals surface area contributed by atoms with E-state index in [1.807, 2.05) is 0 Å². The highest BCUT2D eigenvalue weighted by Crippen LogP contribution is 2.04. The summed E-state index contributed by atoms with van der Waals surface area (Å²) in [5.74, 6) is 1.12. The Bertz CT molecular complexity index is 247. The average molecular weight is 185 g/mol. The number of nitrogens with one attached hydrogen (secondary N) is 1. The van der Waals surface area contributed by atoms with E-state index in [2.05, 4.69) is 29.3 Å². The van der Waals surface area contributed by atoms with Crippen LogP contribution in [0.3, 0.4) is 0 Å². The molecular formula is C8H15N3O2. The lowest BCUT2D eigenvalue weighted by molar-refractivity contribution is 0.174. The van der Waals surface area contributed by atoms with Gasteiger partial charge in [-0.05, 0) is 5.92 Å². The second-order valence-corrected chi connectivity index (χ2v) is 3.22. The molecule has 5 nitrogen and oxygen atoms in total. The fourth-order valence-corrected chi connectivity index (χ4v) is 0.805. The Morgan fingerprint density at radius 3 is 2.92 bits per heavy atom. The predicted molar refractivity (Wildman–Crippen MR) is 48.3 cm³/mol. The van der Waals surface area contributed by atoms with Crippen molar-refractivity contribution >= 4 is 6.01 Å². The Morgan fingerprint density at radius 2 is 2.31 bits per heavy atom. The van der Waals surface area contributed by atoms with Crippen LogP contribution < -0.4 is 5.32 Å². The third kappa shape index (κ3) is 3.42. The first-order valence-electron chi connectivity index (χ1n) is 4.27. The van der Waals surface area contributed by atoms with Crippen LogP contribution in [-0.2, 0) is 11.3 Å². The molecule has 13 heavy (non-hydrogen) atoms. The Kier molecular flexibility index (Phi) is 3.70. The smallest absolute Gasteiger partial charge is 0.321 e. The summed E-state index contributed by atoms with van der Waals surface area (Å²) in [7, 11) is 1.59. The van der Waals surface area contributed by atoms with Gasteiger partial charge >= 0.3 is 6.01 Å². The Morgan fingerprint density at radius 1 is 1.54 bits per heavy atom. The van der Waals surface area contributed by atoms with Gasteiger partial charge in [0, 0.05) is 13.7 Å². The van der Waals surface area contributed by atoms with Crippen LogP contribution in [-0.4, -0.2) is 23.8 Å². The lowest BCUT2D eigenvalue weighted by atomic mass is 10.2. The lowest BCUT2D eigenvalue weighted by Crippen LogP contribution is -2.08. The molecular weight excluding hydrogens is 170 g/mol. The van der Waals surface area contributed by atoms with Gasteiger partial charge < -0.3 is 14.6 Å². The zero-order valence-electron chi connectivity index (χ0n) is 8.20. The van der Waals surface area contributed by atoms with Gasteiger partial charge in [-0.3, -0.25) is 0 Å². The van der Waals surface area contributed by atoms with E-state index in [4.69, 9.17) is 9.26 Å². The summed E-state index contributed by atoms with van der Waals surface area (Å²) < 4.78 is 9.77. The first-order chi connectivity index (χ1) is 6.22. The molecule has 1 heterocycles. The van der Waals surface area contributed by atoms with Gasteiger partial charge in [-0.15, -0.1) is 0 Å². The summed E-state index contributed by atoms with van der Waals surface area (Å²) in [5, 5.41) is 6.74. The van der Waals surface area contributed by atoms with Gasteiger partial charge in [0.2, 0.25) is 0 Å². The van der Waals surface area contributed by atoms with Crippen LogP contribution in [0, 0.1) is 5.92 Å². The standard InChI is InChI=1S/C8H15N3O2/c1-6(2)4-9-8-10-7(5-12-3)11-13-8/h6H,4-5H2,1-3H3,(H,9,10,11). The Balaban J connectivity index is 2.39. The molecule has 0 aliphatic carbocycles. The van der Waals surface area contributed by atoms with Crippen molar-refractivity contribution in [3.8, 4) is 0 Å². The van der Waals surface area contributed by atoms with Crippen molar-refractivity contribution in [3.63, 3.8) is 0 Å². The number of rotatable bonds is 5. The largest absolute Gasteiger partial charge is 0.377 e. The van der Waals surface area contributed by atoms with E-state index in [9.17, 15) is 0 Å². The lowest BCUT2D eigenvalue weighted by Gasteiger charge is -2.02. The van der Waals surface area contributed by atoms with Crippen molar-refractivity contribution in [1.29, 1.82) is 0 Å². The predicted octanol–water partition coefficient (Wildman–Crippen LogP) is 1.28. The van der Waals surface area contributed by atoms with Gasteiger partial charge in [-0.2, -0.15) is 4.98 Å².